The summed E-state index contributed by atoms with van der Waals surface area (Å²) < 4.78 is 0. The Kier molecular flexibility index (Phi) is 3.67. The largest absolute Gasteiger partial charge is 0.371 e. The van der Waals surface area contributed by atoms with Gasteiger partial charge in [0.05, 0.1) is 17.9 Å². The van der Waals surface area contributed by atoms with Gasteiger partial charge in [-0.1, -0.05) is 19.1 Å². The number of ketones is 1. The molecule has 0 aromatic heterocycles. The molecule has 0 atom stereocenters. The number of rotatable bonds is 4. The molecule has 1 aromatic rings. The number of Topliss-reactive ketones (excluding diaryl/α,β-unsaturated/α-hetero) is 1. The van der Waals surface area contributed by atoms with Crippen LogP contribution in [0.3, 0.4) is 0 Å². The van der Waals surface area contributed by atoms with Gasteiger partial charge >= 0.3 is 0 Å². The van der Waals surface area contributed by atoms with E-state index in [-0.39, 0.29) is 0 Å². The molecule has 1 aliphatic rings. The van der Waals surface area contributed by atoms with Gasteiger partial charge in [-0.15, -0.1) is 0 Å². The van der Waals surface area contributed by atoms with Crippen molar-refractivity contribution in [2.24, 2.45) is 0 Å². The maximum atomic E-state index is 11.7. The third kappa shape index (κ3) is 2.60. The fourth-order valence-electron chi connectivity index (χ4n) is 2.30. The Morgan fingerprint density at radius 3 is 2.65 bits per heavy atom. The summed E-state index contributed by atoms with van der Waals surface area (Å²) in [6, 6.07) is 8.30. The fourth-order valence-corrected chi connectivity index (χ4v) is 2.30. The molecule has 0 saturated heterocycles. The van der Waals surface area contributed by atoms with Crippen molar-refractivity contribution >= 4 is 17.2 Å². The number of carbonyl (C=O) groups excluding carboxylic acids is 1. The van der Waals surface area contributed by atoms with E-state index in [1.165, 1.54) is 11.4 Å². The molecule has 1 aromatic carbocycles. The zero-order valence-electron chi connectivity index (χ0n) is 10.6. The number of hydrogen-bond donors (Lipinski definition) is 0. The van der Waals surface area contributed by atoms with Crippen LogP contribution >= 0.6 is 0 Å². The van der Waals surface area contributed by atoms with Crippen LogP contribution in [0, 0.1) is 0 Å². The minimum Gasteiger partial charge on any atom is -0.371 e. The van der Waals surface area contributed by atoms with Crippen LogP contribution in [0.5, 0.6) is 0 Å². The Bertz CT molecular complexity index is 403. The second kappa shape index (κ2) is 5.21. The summed E-state index contributed by atoms with van der Waals surface area (Å²) >= 11 is 0. The van der Waals surface area contributed by atoms with E-state index in [1.807, 2.05) is 12.1 Å². The molecule has 92 valence electrons. The van der Waals surface area contributed by atoms with Gasteiger partial charge in [0, 0.05) is 26.6 Å². The lowest BCUT2D eigenvalue weighted by Crippen LogP contribution is -2.41. The summed E-state index contributed by atoms with van der Waals surface area (Å²) in [6.45, 7) is 4.52. The van der Waals surface area contributed by atoms with Crippen LogP contribution in [-0.4, -0.2) is 32.5 Å². The number of likely N-dealkylation sites (N-methyl/N-ethyl adjacent to an activating group) is 1. The molecular weight excluding hydrogens is 212 g/mol. The van der Waals surface area contributed by atoms with Crippen molar-refractivity contribution in [1.29, 1.82) is 0 Å². The molecule has 0 bridgehead atoms. The van der Waals surface area contributed by atoms with E-state index < -0.39 is 0 Å². The monoisotopic (exact) mass is 232 g/mol. The van der Waals surface area contributed by atoms with Gasteiger partial charge in [0.1, 0.15) is 0 Å². The maximum Gasteiger partial charge on any atom is 0.152 e. The topological polar surface area (TPSA) is 23.6 Å². The van der Waals surface area contributed by atoms with E-state index in [1.54, 1.807) is 0 Å². The molecular formula is C14H20N2O. The van der Waals surface area contributed by atoms with Gasteiger partial charge in [0.2, 0.25) is 0 Å². The summed E-state index contributed by atoms with van der Waals surface area (Å²) in [5.41, 5.74) is 2.41. The van der Waals surface area contributed by atoms with Crippen LogP contribution in [0.2, 0.25) is 0 Å². The summed E-state index contributed by atoms with van der Waals surface area (Å²) in [5, 5.41) is 0. The minimum atomic E-state index is 0.340. The van der Waals surface area contributed by atoms with Crippen molar-refractivity contribution in [2.75, 3.05) is 36.5 Å². The lowest BCUT2D eigenvalue weighted by Gasteiger charge is -2.36. The summed E-state index contributed by atoms with van der Waals surface area (Å²) in [7, 11) is 2.10. The Hall–Kier alpha value is -1.51. The van der Waals surface area contributed by atoms with Crippen molar-refractivity contribution in [2.45, 2.75) is 19.8 Å². The molecule has 0 spiro atoms. The van der Waals surface area contributed by atoms with E-state index in [0.29, 0.717) is 18.7 Å². The molecule has 0 fully saturated rings. The van der Waals surface area contributed by atoms with Gasteiger partial charge in [-0.05, 0) is 18.6 Å². The van der Waals surface area contributed by atoms with Crippen LogP contribution in [0.15, 0.2) is 24.3 Å². The van der Waals surface area contributed by atoms with Crippen LogP contribution in [0.4, 0.5) is 11.4 Å². The summed E-state index contributed by atoms with van der Waals surface area (Å²) in [6.07, 6.45) is 1.63. The van der Waals surface area contributed by atoms with Crippen molar-refractivity contribution in [3.8, 4) is 0 Å². The predicted octanol–water partition coefficient (Wildman–Crippen LogP) is 2.31. The molecule has 1 heterocycles. The molecule has 0 saturated carbocycles. The smallest absolute Gasteiger partial charge is 0.152 e. The number of fused-ring (bicyclic) bond motifs is 1. The third-order valence-electron chi connectivity index (χ3n) is 3.24. The first-order valence-electron chi connectivity index (χ1n) is 6.29. The average Bonchev–Trinajstić information content (AvgIpc) is 2.34. The SMILES string of the molecule is CCCC(=O)CN1CCN(C)c2ccccc21. The Balaban J connectivity index is 2.16. The number of hydrogen-bond acceptors (Lipinski definition) is 3. The van der Waals surface area contributed by atoms with Gasteiger partial charge in [-0.3, -0.25) is 4.79 Å². The van der Waals surface area contributed by atoms with Crippen molar-refractivity contribution in [3.63, 3.8) is 0 Å². The van der Waals surface area contributed by atoms with Crippen LogP contribution in [-0.2, 0) is 4.79 Å². The average molecular weight is 232 g/mol. The Labute approximate surface area is 103 Å². The molecule has 0 aliphatic carbocycles. The number of benzene rings is 1. The van der Waals surface area contributed by atoms with Gasteiger partial charge < -0.3 is 9.80 Å². The van der Waals surface area contributed by atoms with E-state index in [4.69, 9.17) is 0 Å². The molecule has 3 heteroatoms. The minimum absolute atomic E-state index is 0.340. The number of para-hydroxylation sites is 2. The van der Waals surface area contributed by atoms with Crippen LogP contribution in [0.1, 0.15) is 19.8 Å². The number of nitrogens with zero attached hydrogens (tertiary/aromatic N) is 2. The highest BCUT2D eigenvalue weighted by Crippen LogP contribution is 2.31. The van der Waals surface area contributed by atoms with E-state index in [9.17, 15) is 4.79 Å². The molecule has 2 rings (SSSR count). The molecule has 0 N–H and O–H groups in total. The van der Waals surface area contributed by atoms with Gasteiger partial charge in [-0.2, -0.15) is 0 Å². The fraction of sp³-hybridized carbons (Fsp3) is 0.500. The Morgan fingerprint density at radius 2 is 1.94 bits per heavy atom. The molecule has 3 nitrogen and oxygen atoms in total. The second-order valence-corrected chi connectivity index (χ2v) is 4.62. The standard InChI is InChI=1S/C14H20N2O/c1-3-6-12(17)11-16-10-9-15(2)13-7-4-5-8-14(13)16/h4-5,7-8H,3,6,9-11H2,1-2H3. The molecule has 17 heavy (non-hydrogen) atoms. The zero-order chi connectivity index (χ0) is 12.3. The van der Waals surface area contributed by atoms with Crippen molar-refractivity contribution in [3.05, 3.63) is 24.3 Å². The van der Waals surface area contributed by atoms with Crippen LogP contribution in [0.25, 0.3) is 0 Å². The molecule has 1 aliphatic heterocycles. The lowest BCUT2D eigenvalue weighted by atomic mass is 10.1. The van der Waals surface area contributed by atoms with E-state index in [2.05, 4.69) is 35.9 Å². The summed E-state index contributed by atoms with van der Waals surface area (Å²) in [4.78, 5) is 16.2. The van der Waals surface area contributed by atoms with Crippen molar-refractivity contribution < 1.29 is 4.79 Å². The van der Waals surface area contributed by atoms with Gasteiger partial charge in [-0.25, -0.2) is 0 Å². The number of anilines is 2. The normalized spacial score (nSPS) is 14.7. The number of carbonyl (C=O) groups is 1. The predicted molar refractivity (Wildman–Crippen MR) is 71.8 cm³/mol. The first kappa shape index (κ1) is 12.0. The quantitative estimate of drug-likeness (QED) is 0.796. The first-order chi connectivity index (χ1) is 8.22. The summed E-state index contributed by atoms with van der Waals surface area (Å²) in [5.74, 6) is 0.340. The first-order valence-corrected chi connectivity index (χ1v) is 6.29. The van der Waals surface area contributed by atoms with E-state index >= 15 is 0 Å². The van der Waals surface area contributed by atoms with Gasteiger partial charge in [0.15, 0.2) is 5.78 Å². The maximum absolute atomic E-state index is 11.7. The highest BCUT2D eigenvalue weighted by atomic mass is 16.1. The highest BCUT2D eigenvalue weighted by molar-refractivity contribution is 5.85. The lowest BCUT2D eigenvalue weighted by molar-refractivity contribution is -0.117. The zero-order valence-corrected chi connectivity index (χ0v) is 10.6. The second-order valence-electron chi connectivity index (χ2n) is 4.62. The Morgan fingerprint density at radius 1 is 1.24 bits per heavy atom. The molecule has 0 radical (unpaired) electrons. The van der Waals surface area contributed by atoms with Crippen LogP contribution < -0.4 is 9.80 Å². The highest BCUT2D eigenvalue weighted by Gasteiger charge is 2.20. The third-order valence-corrected chi connectivity index (χ3v) is 3.24. The molecule has 0 unspecified atom stereocenters. The van der Waals surface area contributed by atoms with E-state index in [0.717, 1.165) is 19.5 Å². The van der Waals surface area contributed by atoms with Gasteiger partial charge in [0.25, 0.3) is 0 Å². The molecule has 0 amide bonds. The van der Waals surface area contributed by atoms with Crippen molar-refractivity contribution in [1.82, 2.24) is 0 Å².